The first-order valence-electron chi connectivity index (χ1n) is 10.8. The van der Waals surface area contributed by atoms with Gasteiger partial charge in [0.1, 0.15) is 0 Å². The molecule has 0 atom stereocenters. The van der Waals surface area contributed by atoms with Crippen molar-refractivity contribution in [3.8, 4) is 11.5 Å². The Bertz CT molecular complexity index is 826. The fraction of sp³-hybridized carbons (Fsp3) is 0.591. The van der Waals surface area contributed by atoms with E-state index in [-0.39, 0.29) is 11.9 Å². The van der Waals surface area contributed by atoms with Gasteiger partial charge < -0.3 is 14.4 Å². The highest BCUT2D eigenvalue weighted by Gasteiger charge is 2.24. The maximum atomic E-state index is 12.5. The molecule has 0 saturated carbocycles. The highest BCUT2D eigenvalue weighted by atomic mass is 16.5. The molecule has 0 unspecified atom stereocenters. The van der Waals surface area contributed by atoms with Crippen LogP contribution in [0.25, 0.3) is 0 Å². The van der Waals surface area contributed by atoms with Crippen LogP contribution in [0, 0.1) is 0 Å². The third-order valence-electron chi connectivity index (χ3n) is 5.65. The lowest BCUT2D eigenvalue weighted by Gasteiger charge is -2.31. The molecule has 0 N–H and O–H groups in total. The molecule has 2 heterocycles. The number of amides is 1. The summed E-state index contributed by atoms with van der Waals surface area (Å²) >= 11 is 0. The summed E-state index contributed by atoms with van der Waals surface area (Å²) in [5.41, 5.74) is 1.65. The molecule has 1 aliphatic heterocycles. The van der Waals surface area contributed by atoms with Crippen LogP contribution in [-0.4, -0.2) is 70.6 Å². The summed E-state index contributed by atoms with van der Waals surface area (Å²) in [4.78, 5) is 16.7. The molecule has 164 valence electrons. The molecule has 8 heteroatoms. The van der Waals surface area contributed by atoms with Crippen molar-refractivity contribution in [1.29, 1.82) is 0 Å². The molecule has 0 aliphatic carbocycles. The second-order valence-electron chi connectivity index (χ2n) is 7.49. The van der Waals surface area contributed by atoms with Crippen molar-refractivity contribution in [2.24, 2.45) is 0 Å². The topological polar surface area (TPSA) is 72.7 Å². The highest BCUT2D eigenvalue weighted by molar-refractivity contribution is 5.91. The minimum Gasteiger partial charge on any atom is -0.493 e. The van der Waals surface area contributed by atoms with E-state index < -0.39 is 0 Å². The Kier molecular flexibility index (Phi) is 7.68. The maximum Gasteiger partial charge on any atom is 0.276 e. The number of carbonyl (C=O) groups is 1. The fourth-order valence-corrected chi connectivity index (χ4v) is 3.91. The van der Waals surface area contributed by atoms with E-state index >= 15 is 0 Å². The standard InChI is InChI=1S/C22H33N5O3/c1-5-26(6-2)22(28)19-16-27(24-23-19)18-10-12-25(13-11-18)15-17-8-9-20(29-4)21(14-17)30-7-3/h8-9,14,16,18H,5-7,10-13,15H2,1-4H3. The smallest absolute Gasteiger partial charge is 0.276 e. The van der Waals surface area contributed by atoms with E-state index in [2.05, 4.69) is 27.3 Å². The monoisotopic (exact) mass is 415 g/mol. The molecule has 1 fully saturated rings. The van der Waals surface area contributed by atoms with Crippen molar-refractivity contribution in [2.75, 3.05) is 39.9 Å². The van der Waals surface area contributed by atoms with E-state index in [1.54, 1.807) is 18.2 Å². The molecule has 1 aromatic heterocycles. The Labute approximate surface area is 178 Å². The van der Waals surface area contributed by atoms with Gasteiger partial charge in [-0.3, -0.25) is 9.69 Å². The van der Waals surface area contributed by atoms with Gasteiger partial charge in [-0.15, -0.1) is 5.10 Å². The van der Waals surface area contributed by atoms with Gasteiger partial charge in [0.05, 0.1) is 26.0 Å². The van der Waals surface area contributed by atoms with Gasteiger partial charge in [0, 0.05) is 32.7 Å². The van der Waals surface area contributed by atoms with Crippen molar-refractivity contribution < 1.29 is 14.3 Å². The summed E-state index contributed by atoms with van der Waals surface area (Å²) in [6.07, 6.45) is 3.77. The molecule has 30 heavy (non-hydrogen) atoms. The number of hydrogen-bond donors (Lipinski definition) is 0. The molecule has 8 nitrogen and oxygen atoms in total. The van der Waals surface area contributed by atoms with Crippen LogP contribution in [0.15, 0.2) is 24.4 Å². The lowest BCUT2D eigenvalue weighted by atomic mass is 10.0. The van der Waals surface area contributed by atoms with Crippen molar-refractivity contribution in [3.63, 3.8) is 0 Å². The number of rotatable bonds is 9. The number of likely N-dealkylation sites (tertiary alicyclic amines) is 1. The molecule has 1 aromatic carbocycles. The molecule has 0 spiro atoms. The molecule has 1 amide bonds. The summed E-state index contributed by atoms with van der Waals surface area (Å²) in [6, 6.07) is 6.41. The van der Waals surface area contributed by atoms with Crippen molar-refractivity contribution in [2.45, 2.75) is 46.2 Å². The molecule has 0 radical (unpaired) electrons. The molecular formula is C22H33N5O3. The average Bonchev–Trinajstić information content (AvgIpc) is 3.26. The van der Waals surface area contributed by atoms with Crippen molar-refractivity contribution in [1.82, 2.24) is 24.8 Å². The maximum absolute atomic E-state index is 12.5. The summed E-state index contributed by atoms with van der Waals surface area (Å²) in [6.45, 7) is 10.7. The van der Waals surface area contributed by atoms with Gasteiger partial charge in [0.25, 0.3) is 5.91 Å². The quantitative estimate of drug-likeness (QED) is 0.627. The Morgan fingerprint density at radius 1 is 1.17 bits per heavy atom. The van der Waals surface area contributed by atoms with Gasteiger partial charge in [-0.2, -0.15) is 0 Å². The molecule has 1 aliphatic rings. The second kappa shape index (κ2) is 10.4. The number of hydrogen-bond acceptors (Lipinski definition) is 6. The van der Waals surface area contributed by atoms with Gasteiger partial charge in [0.2, 0.25) is 0 Å². The summed E-state index contributed by atoms with van der Waals surface area (Å²) < 4.78 is 12.9. The van der Waals surface area contributed by atoms with E-state index in [1.807, 2.05) is 31.5 Å². The van der Waals surface area contributed by atoms with Crippen LogP contribution >= 0.6 is 0 Å². The first-order valence-corrected chi connectivity index (χ1v) is 10.8. The van der Waals surface area contributed by atoms with Crippen LogP contribution in [0.3, 0.4) is 0 Å². The molecular weight excluding hydrogens is 382 g/mol. The van der Waals surface area contributed by atoms with E-state index in [4.69, 9.17) is 9.47 Å². The van der Waals surface area contributed by atoms with E-state index in [1.165, 1.54) is 5.56 Å². The fourth-order valence-electron chi connectivity index (χ4n) is 3.91. The third-order valence-corrected chi connectivity index (χ3v) is 5.65. The molecule has 2 aromatic rings. The Hall–Kier alpha value is -2.61. The van der Waals surface area contributed by atoms with E-state index in [9.17, 15) is 4.79 Å². The predicted octanol–water partition coefficient (Wildman–Crippen LogP) is 3.00. The number of benzene rings is 1. The second-order valence-corrected chi connectivity index (χ2v) is 7.49. The largest absolute Gasteiger partial charge is 0.493 e. The zero-order valence-electron chi connectivity index (χ0n) is 18.5. The third kappa shape index (κ3) is 5.11. The first kappa shape index (κ1) is 22.1. The Morgan fingerprint density at radius 2 is 1.90 bits per heavy atom. The Morgan fingerprint density at radius 3 is 2.53 bits per heavy atom. The van der Waals surface area contributed by atoms with Gasteiger partial charge in [-0.1, -0.05) is 11.3 Å². The lowest BCUT2D eigenvalue weighted by molar-refractivity contribution is 0.0767. The van der Waals surface area contributed by atoms with Crippen LogP contribution in [0.1, 0.15) is 55.7 Å². The minimum atomic E-state index is -0.0479. The van der Waals surface area contributed by atoms with Gasteiger partial charge >= 0.3 is 0 Å². The normalized spacial score (nSPS) is 15.2. The molecule has 1 saturated heterocycles. The number of ether oxygens (including phenoxy) is 2. The van der Waals surface area contributed by atoms with Crippen LogP contribution < -0.4 is 9.47 Å². The predicted molar refractivity (Wildman–Crippen MR) is 115 cm³/mol. The van der Waals surface area contributed by atoms with Crippen molar-refractivity contribution in [3.05, 3.63) is 35.7 Å². The van der Waals surface area contributed by atoms with Gasteiger partial charge in [0.15, 0.2) is 17.2 Å². The number of nitrogens with zero attached hydrogens (tertiary/aromatic N) is 5. The number of aromatic nitrogens is 3. The van der Waals surface area contributed by atoms with E-state index in [0.717, 1.165) is 44.0 Å². The molecule has 3 rings (SSSR count). The zero-order chi connectivity index (χ0) is 21.5. The lowest BCUT2D eigenvalue weighted by Crippen LogP contribution is -2.34. The van der Waals surface area contributed by atoms with Gasteiger partial charge in [-0.25, -0.2) is 4.68 Å². The van der Waals surface area contributed by atoms with Crippen LogP contribution in [-0.2, 0) is 6.54 Å². The summed E-state index contributed by atoms with van der Waals surface area (Å²) in [5, 5.41) is 8.36. The summed E-state index contributed by atoms with van der Waals surface area (Å²) in [7, 11) is 1.66. The van der Waals surface area contributed by atoms with Crippen LogP contribution in [0.5, 0.6) is 11.5 Å². The van der Waals surface area contributed by atoms with Crippen molar-refractivity contribution >= 4 is 5.91 Å². The highest BCUT2D eigenvalue weighted by Crippen LogP contribution is 2.29. The van der Waals surface area contributed by atoms with Crippen LogP contribution in [0.4, 0.5) is 0 Å². The number of methoxy groups -OCH3 is 1. The number of carbonyl (C=O) groups excluding carboxylic acids is 1. The average molecular weight is 416 g/mol. The minimum absolute atomic E-state index is 0.0479. The number of piperidine rings is 1. The van der Waals surface area contributed by atoms with Crippen LogP contribution in [0.2, 0.25) is 0 Å². The summed E-state index contributed by atoms with van der Waals surface area (Å²) in [5.74, 6) is 1.51. The van der Waals surface area contributed by atoms with E-state index in [0.29, 0.717) is 25.4 Å². The SMILES string of the molecule is CCOc1cc(CN2CCC(n3cc(C(=O)N(CC)CC)nn3)CC2)ccc1OC. The molecule has 0 bridgehead atoms. The first-order chi connectivity index (χ1) is 14.6. The Balaban J connectivity index is 1.57. The van der Waals surface area contributed by atoms with Gasteiger partial charge in [-0.05, 0) is 51.3 Å². The zero-order valence-corrected chi connectivity index (χ0v) is 18.5.